The van der Waals surface area contributed by atoms with Gasteiger partial charge in [-0.2, -0.15) is 0 Å². The van der Waals surface area contributed by atoms with Crippen LogP contribution in [0.4, 0.5) is 0 Å². The molecule has 0 amide bonds. The molecule has 0 rings (SSSR count). The maximum atomic E-state index is 5.79. The minimum absolute atomic E-state index is 0.276. The van der Waals surface area contributed by atoms with Crippen molar-refractivity contribution in [1.82, 2.24) is 0 Å². The Labute approximate surface area is 88.3 Å². The highest BCUT2D eigenvalue weighted by Crippen LogP contribution is 2.24. The molecule has 0 unspecified atom stereocenters. The van der Waals surface area contributed by atoms with Gasteiger partial charge >= 0.3 is 0 Å². The molecule has 14 heavy (non-hydrogen) atoms. The van der Waals surface area contributed by atoms with Gasteiger partial charge in [0.05, 0.1) is 5.84 Å². The second-order valence-corrected chi connectivity index (χ2v) is 4.87. The number of allylic oxidation sites excluding steroid dienone is 2. The van der Waals surface area contributed by atoms with Gasteiger partial charge in [-0.25, -0.2) is 4.99 Å². The lowest BCUT2D eigenvalue weighted by Crippen LogP contribution is -2.13. The van der Waals surface area contributed by atoms with E-state index in [4.69, 9.17) is 5.73 Å². The Morgan fingerprint density at radius 2 is 1.93 bits per heavy atom. The predicted molar refractivity (Wildman–Crippen MR) is 64.4 cm³/mol. The maximum Gasteiger partial charge on any atom is 0.0992 e. The summed E-state index contributed by atoms with van der Waals surface area (Å²) in [6, 6.07) is 0. The van der Waals surface area contributed by atoms with Gasteiger partial charge in [-0.3, -0.25) is 0 Å². The van der Waals surface area contributed by atoms with Gasteiger partial charge in [-0.05, 0) is 25.2 Å². The molecule has 0 aliphatic heterocycles. The van der Waals surface area contributed by atoms with E-state index in [0.29, 0.717) is 0 Å². The average molecular weight is 196 g/mol. The van der Waals surface area contributed by atoms with E-state index in [1.165, 1.54) is 0 Å². The fourth-order valence-electron chi connectivity index (χ4n) is 1.25. The van der Waals surface area contributed by atoms with Crippen LogP contribution in [0.15, 0.2) is 16.8 Å². The summed E-state index contributed by atoms with van der Waals surface area (Å²) in [4.78, 5) is 4.43. The molecule has 0 aliphatic carbocycles. The van der Waals surface area contributed by atoms with E-state index in [0.717, 1.165) is 30.8 Å². The van der Waals surface area contributed by atoms with Gasteiger partial charge in [0, 0.05) is 12.1 Å². The van der Waals surface area contributed by atoms with Crippen molar-refractivity contribution in [3.8, 4) is 0 Å². The zero-order valence-electron chi connectivity index (χ0n) is 10.2. The highest BCUT2D eigenvalue weighted by atomic mass is 14.9. The molecule has 0 heterocycles. The summed E-state index contributed by atoms with van der Waals surface area (Å²) in [6.07, 6.45) is 4.98. The van der Waals surface area contributed by atoms with Crippen LogP contribution in [-0.4, -0.2) is 5.84 Å². The minimum Gasteiger partial charge on any atom is -0.387 e. The quantitative estimate of drug-likeness (QED) is 0.542. The molecular formula is C12H24N2. The van der Waals surface area contributed by atoms with Crippen molar-refractivity contribution in [2.45, 2.75) is 53.9 Å². The SMILES string of the molecule is C/C=C(/CC(C)(C)C)N=C(N)CCC. The van der Waals surface area contributed by atoms with Gasteiger partial charge in [0.2, 0.25) is 0 Å². The van der Waals surface area contributed by atoms with E-state index in [2.05, 4.69) is 32.7 Å². The molecule has 0 aromatic carbocycles. The average Bonchev–Trinajstić information content (AvgIpc) is 2.01. The van der Waals surface area contributed by atoms with E-state index in [1.807, 2.05) is 13.0 Å². The van der Waals surface area contributed by atoms with Crippen LogP contribution < -0.4 is 5.73 Å². The van der Waals surface area contributed by atoms with Gasteiger partial charge in [0.1, 0.15) is 0 Å². The molecule has 0 saturated heterocycles. The summed E-state index contributed by atoms with van der Waals surface area (Å²) in [5.41, 5.74) is 7.16. The Hall–Kier alpha value is -0.790. The smallest absolute Gasteiger partial charge is 0.0992 e. The lowest BCUT2D eigenvalue weighted by atomic mass is 9.90. The largest absolute Gasteiger partial charge is 0.387 e. The van der Waals surface area contributed by atoms with Crippen molar-refractivity contribution in [2.75, 3.05) is 0 Å². The fourth-order valence-corrected chi connectivity index (χ4v) is 1.25. The van der Waals surface area contributed by atoms with E-state index < -0.39 is 0 Å². The molecular weight excluding hydrogens is 172 g/mol. The van der Waals surface area contributed by atoms with Gasteiger partial charge < -0.3 is 5.73 Å². The summed E-state index contributed by atoms with van der Waals surface area (Å²) >= 11 is 0. The Balaban J connectivity index is 4.38. The third-order valence-electron chi connectivity index (χ3n) is 1.84. The normalized spacial score (nSPS) is 14.6. The number of hydrogen-bond acceptors (Lipinski definition) is 1. The first-order valence-electron chi connectivity index (χ1n) is 5.37. The number of nitrogens with two attached hydrogens (primary N) is 1. The molecule has 0 atom stereocenters. The van der Waals surface area contributed by atoms with E-state index in [-0.39, 0.29) is 5.41 Å². The van der Waals surface area contributed by atoms with Crippen LogP contribution in [0.5, 0.6) is 0 Å². The molecule has 0 aromatic rings. The van der Waals surface area contributed by atoms with Crippen LogP contribution in [-0.2, 0) is 0 Å². The minimum atomic E-state index is 0.276. The summed E-state index contributed by atoms with van der Waals surface area (Å²) in [6.45, 7) is 10.8. The zero-order chi connectivity index (χ0) is 11.2. The summed E-state index contributed by atoms with van der Waals surface area (Å²) in [5.74, 6) is 0.754. The summed E-state index contributed by atoms with van der Waals surface area (Å²) in [5, 5.41) is 0. The molecule has 82 valence electrons. The number of rotatable bonds is 4. The number of amidine groups is 1. The highest BCUT2D eigenvalue weighted by molar-refractivity contribution is 5.81. The molecule has 2 nitrogen and oxygen atoms in total. The highest BCUT2D eigenvalue weighted by Gasteiger charge is 2.12. The molecule has 0 radical (unpaired) electrons. The monoisotopic (exact) mass is 196 g/mol. The van der Waals surface area contributed by atoms with Crippen LogP contribution in [0, 0.1) is 5.41 Å². The van der Waals surface area contributed by atoms with Crippen LogP contribution in [0.25, 0.3) is 0 Å². The van der Waals surface area contributed by atoms with Crippen molar-refractivity contribution in [1.29, 1.82) is 0 Å². The van der Waals surface area contributed by atoms with Crippen LogP contribution in [0.1, 0.15) is 53.9 Å². The fraction of sp³-hybridized carbons (Fsp3) is 0.750. The number of hydrogen-bond donors (Lipinski definition) is 1. The van der Waals surface area contributed by atoms with Crippen LogP contribution in [0.3, 0.4) is 0 Å². The molecule has 2 heteroatoms. The van der Waals surface area contributed by atoms with E-state index >= 15 is 0 Å². The first kappa shape index (κ1) is 13.2. The molecule has 0 aliphatic rings. The molecule has 0 spiro atoms. The molecule has 2 N–H and O–H groups in total. The second-order valence-electron chi connectivity index (χ2n) is 4.87. The van der Waals surface area contributed by atoms with Crippen LogP contribution >= 0.6 is 0 Å². The van der Waals surface area contributed by atoms with E-state index in [9.17, 15) is 0 Å². The Bertz CT molecular complexity index is 219. The predicted octanol–water partition coefficient (Wildman–Crippen LogP) is 3.48. The molecule has 0 aromatic heterocycles. The van der Waals surface area contributed by atoms with Gasteiger partial charge in [-0.15, -0.1) is 0 Å². The second kappa shape index (κ2) is 5.84. The number of nitrogens with zero attached hydrogens (tertiary/aromatic N) is 1. The topological polar surface area (TPSA) is 38.4 Å². The Morgan fingerprint density at radius 3 is 2.29 bits per heavy atom. The van der Waals surface area contributed by atoms with Gasteiger partial charge in [0.15, 0.2) is 0 Å². The van der Waals surface area contributed by atoms with Crippen molar-refractivity contribution in [3.05, 3.63) is 11.8 Å². The third kappa shape index (κ3) is 6.70. The lowest BCUT2D eigenvalue weighted by Gasteiger charge is -2.18. The maximum absolute atomic E-state index is 5.79. The number of aliphatic imine (C=N–C) groups is 1. The van der Waals surface area contributed by atoms with Gasteiger partial charge in [-0.1, -0.05) is 33.8 Å². The van der Waals surface area contributed by atoms with E-state index in [1.54, 1.807) is 0 Å². The molecule has 0 saturated carbocycles. The van der Waals surface area contributed by atoms with Crippen molar-refractivity contribution in [2.24, 2.45) is 16.1 Å². The third-order valence-corrected chi connectivity index (χ3v) is 1.84. The summed E-state index contributed by atoms with van der Waals surface area (Å²) in [7, 11) is 0. The zero-order valence-corrected chi connectivity index (χ0v) is 10.2. The first-order chi connectivity index (χ1) is 6.39. The van der Waals surface area contributed by atoms with Crippen LogP contribution in [0.2, 0.25) is 0 Å². The molecule has 0 fully saturated rings. The van der Waals surface area contributed by atoms with Crippen molar-refractivity contribution < 1.29 is 0 Å². The Morgan fingerprint density at radius 1 is 1.36 bits per heavy atom. The summed E-state index contributed by atoms with van der Waals surface area (Å²) < 4.78 is 0. The van der Waals surface area contributed by atoms with Crippen molar-refractivity contribution >= 4 is 5.84 Å². The lowest BCUT2D eigenvalue weighted by molar-refractivity contribution is 0.408. The standard InChI is InChI=1S/C12H24N2/c1-6-8-11(13)14-10(7-2)9-12(3,4)5/h7H,6,8-9H2,1-5H3,(H2,13,14)/b10-7-. The van der Waals surface area contributed by atoms with Gasteiger partial charge in [0.25, 0.3) is 0 Å². The first-order valence-corrected chi connectivity index (χ1v) is 5.37. The molecule has 0 bridgehead atoms. The Kier molecular flexibility index (Phi) is 5.51. The van der Waals surface area contributed by atoms with Crippen molar-refractivity contribution in [3.63, 3.8) is 0 Å².